The Hall–Kier alpha value is -1.84. The summed E-state index contributed by atoms with van der Waals surface area (Å²) in [6, 6.07) is 7.20. The zero-order chi connectivity index (χ0) is 13.5. The maximum atomic E-state index is 11.6. The van der Waals surface area contributed by atoms with E-state index in [1.807, 2.05) is 26.0 Å². The summed E-state index contributed by atoms with van der Waals surface area (Å²) in [5.74, 6) is 0.176. The van der Waals surface area contributed by atoms with E-state index in [-0.39, 0.29) is 18.2 Å². The number of Topliss-reactive ketones (excluding diaryl/α,β-unsaturated/α-hetero) is 1. The summed E-state index contributed by atoms with van der Waals surface area (Å²) in [5.41, 5.74) is 1.56. The normalized spacial score (nSPS) is 9.94. The average molecular weight is 248 g/mol. The lowest BCUT2D eigenvalue weighted by molar-refractivity contribution is -0.127. The number of nitrogens with one attached hydrogen (secondary N) is 1. The van der Waals surface area contributed by atoms with E-state index < -0.39 is 0 Å². The molecular formula is C14H20N2O2. The molecule has 1 amide bonds. The summed E-state index contributed by atoms with van der Waals surface area (Å²) < 4.78 is 0. The second-order valence-electron chi connectivity index (χ2n) is 4.12. The summed E-state index contributed by atoms with van der Waals surface area (Å²) in [7, 11) is 1.77. The molecule has 1 aromatic rings. The van der Waals surface area contributed by atoms with Gasteiger partial charge in [0.05, 0.1) is 6.54 Å². The van der Waals surface area contributed by atoms with Gasteiger partial charge in [-0.25, -0.2) is 0 Å². The standard InChI is InChI=1S/C14H20N2O2/c1-4-13(17)11-6-8-12(9-7-11)15-10-14(18)16(3)5-2/h6-9,15H,4-5,10H2,1-3H3. The first-order valence-electron chi connectivity index (χ1n) is 6.19. The number of anilines is 1. The molecule has 0 fully saturated rings. The van der Waals surface area contributed by atoms with Crippen molar-refractivity contribution in [3.05, 3.63) is 29.8 Å². The topological polar surface area (TPSA) is 49.4 Å². The van der Waals surface area contributed by atoms with Gasteiger partial charge in [-0.3, -0.25) is 9.59 Å². The van der Waals surface area contributed by atoms with E-state index in [2.05, 4.69) is 5.32 Å². The van der Waals surface area contributed by atoms with Crippen LogP contribution in [0.3, 0.4) is 0 Å². The fraction of sp³-hybridized carbons (Fsp3) is 0.429. The van der Waals surface area contributed by atoms with Crippen molar-refractivity contribution < 1.29 is 9.59 Å². The van der Waals surface area contributed by atoms with Crippen LogP contribution in [-0.2, 0) is 4.79 Å². The molecule has 4 nitrogen and oxygen atoms in total. The molecule has 0 aliphatic heterocycles. The van der Waals surface area contributed by atoms with Crippen LogP contribution in [0.1, 0.15) is 30.6 Å². The second-order valence-corrected chi connectivity index (χ2v) is 4.12. The third kappa shape index (κ3) is 3.87. The monoisotopic (exact) mass is 248 g/mol. The van der Waals surface area contributed by atoms with Gasteiger partial charge in [0.25, 0.3) is 0 Å². The summed E-state index contributed by atoms with van der Waals surface area (Å²) in [6.07, 6.45) is 0.507. The predicted molar refractivity (Wildman–Crippen MR) is 72.9 cm³/mol. The summed E-state index contributed by atoms with van der Waals surface area (Å²) in [5, 5.41) is 3.04. The van der Waals surface area contributed by atoms with Crippen LogP contribution in [0.5, 0.6) is 0 Å². The van der Waals surface area contributed by atoms with Gasteiger partial charge in [-0.05, 0) is 31.2 Å². The van der Waals surface area contributed by atoms with E-state index in [0.29, 0.717) is 18.5 Å². The highest BCUT2D eigenvalue weighted by Gasteiger charge is 2.06. The van der Waals surface area contributed by atoms with Crippen molar-refractivity contribution in [2.45, 2.75) is 20.3 Å². The number of amides is 1. The number of nitrogens with zero attached hydrogens (tertiary/aromatic N) is 1. The molecule has 0 spiro atoms. The van der Waals surface area contributed by atoms with Crippen LogP contribution in [-0.4, -0.2) is 36.7 Å². The smallest absolute Gasteiger partial charge is 0.241 e. The predicted octanol–water partition coefficient (Wildman–Crippen LogP) is 2.17. The Balaban J connectivity index is 2.54. The molecule has 0 aliphatic rings. The minimum Gasteiger partial charge on any atom is -0.376 e. The summed E-state index contributed by atoms with van der Waals surface area (Å²) >= 11 is 0. The Labute approximate surface area is 108 Å². The number of carbonyl (C=O) groups excluding carboxylic acids is 2. The molecule has 0 radical (unpaired) electrons. The number of rotatable bonds is 6. The van der Waals surface area contributed by atoms with Crippen molar-refractivity contribution in [1.82, 2.24) is 4.90 Å². The highest BCUT2D eigenvalue weighted by atomic mass is 16.2. The summed E-state index contributed by atoms with van der Waals surface area (Å²) in [6.45, 7) is 4.74. The number of carbonyl (C=O) groups is 2. The molecule has 0 aliphatic carbocycles. The first-order chi connectivity index (χ1) is 8.58. The lowest BCUT2D eigenvalue weighted by Crippen LogP contribution is -2.31. The van der Waals surface area contributed by atoms with E-state index in [9.17, 15) is 9.59 Å². The third-order valence-electron chi connectivity index (χ3n) is 2.87. The van der Waals surface area contributed by atoms with Gasteiger partial charge < -0.3 is 10.2 Å². The van der Waals surface area contributed by atoms with Crippen LogP contribution < -0.4 is 5.32 Å². The number of benzene rings is 1. The molecule has 1 N–H and O–H groups in total. The highest BCUT2D eigenvalue weighted by molar-refractivity contribution is 5.96. The molecule has 4 heteroatoms. The Morgan fingerprint density at radius 2 is 1.78 bits per heavy atom. The number of hydrogen-bond donors (Lipinski definition) is 1. The largest absolute Gasteiger partial charge is 0.376 e. The molecule has 0 aromatic heterocycles. The van der Waals surface area contributed by atoms with Crippen molar-refractivity contribution in [1.29, 1.82) is 0 Å². The van der Waals surface area contributed by atoms with Crippen LogP contribution in [0.4, 0.5) is 5.69 Å². The molecule has 0 heterocycles. The molecule has 18 heavy (non-hydrogen) atoms. The Morgan fingerprint density at radius 1 is 1.17 bits per heavy atom. The van der Waals surface area contributed by atoms with Gasteiger partial charge >= 0.3 is 0 Å². The maximum absolute atomic E-state index is 11.6. The average Bonchev–Trinajstić information content (AvgIpc) is 2.43. The molecule has 0 atom stereocenters. The van der Waals surface area contributed by atoms with E-state index in [1.54, 1.807) is 24.1 Å². The SMILES string of the molecule is CCC(=O)c1ccc(NCC(=O)N(C)CC)cc1. The Morgan fingerprint density at radius 3 is 2.28 bits per heavy atom. The Kier molecular flexibility index (Phi) is 5.36. The van der Waals surface area contributed by atoms with Crippen molar-refractivity contribution in [2.24, 2.45) is 0 Å². The zero-order valence-electron chi connectivity index (χ0n) is 11.2. The minimum absolute atomic E-state index is 0.0474. The van der Waals surface area contributed by atoms with E-state index >= 15 is 0 Å². The molecule has 1 aromatic carbocycles. The molecule has 1 rings (SSSR count). The maximum Gasteiger partial charge on any atom is 0.241 e. The van der Waals surface area contributed by atoms with Gasteiger partial charge in [0.15, 0.2) is 5.78 Å². The zero-order valence-corrected chi connectivity index (χ0v) is 11.2. The first-order valence-corrected chi connectivity index (χ1v) is 6.19. The van der Waals surface area contributed by atoms with Gasteiger partial charge in [-0.1, -0.05) is 6.92 Å². The third-order valence-corrected chi connectivity index (χ3v) is 2.87. The van der Waals surface area contributed by atoms with Gasteiger partial charge in [-0.2, -0.15) is 0 Å². The van der Waals surface area contributed by atoms with Crippen LogP contribution >= 0.6 is 0 Å². The molecule has 98 valence electrons. The van der Waals surface area contributed by atoms with Crippen molar-refractivity contribution >= 4 is 17.4 Å². The number of hydrogen-bond acceptors (Lipinski definition) is 3. The molecule has 0 unspecified atom stereocenters. The van der Waals surface area contributed by atoms with Crippen molar-refractivity contribution in [3.8, 4) is 0 Å². The minimum atomic E-state index is 0.0474. The molecule has 0 saturated carbocycles. The van der Waals surface area contributed by atoms with Crippen molar-refractivity contribution in [2.75, 3.05) is 25.5 Å². The van der Waals surface area contributed by atoms with E-state index in [0.717, 1.165) is 5.69 Å². The van der Waals surface area contributed by atoms with Crippen LogP contribution in [0.2, 0.25) is 0 Å². The quantitative estimate of drug-likeness (QED) is 0.785. The fourth-order valence-electron chi connectivity index (χ4n) is 1.47. The molecule has 0 bridgehead atoms. The molecule has 0 saturated heterocycles. The van der Waals surface area contributed by atoms with Crippen molar-refractivity contribution in [3.63, 3.8) is 0 Å². The van der Waals surface area contributed by atoms with Crippen LogP contribution in [0.15, 0.2) is 24.3 Å². The van der Waals surface area contributed by atoms with Crippen LogP contribution in [0, 0.1) is 0 Å². The van der Waals surface area contributed by atoms with Gasteiger partial charge in [0, 0.05) is 31.3 Å². The Bertz CT molecular complexity index is 412. The fourth-order valence-corrected chi connectivity index (χ4v) is 1.47. The molecular weight excluding hydrogens is 228 g/mol. The van der Waals surface area contributed by atoms with Gasteiger partial charge in [0.2, 0.25) is 5.91 Å². The number of ketones is 1. The summed E-state index contributed by atoms with van der Waals surface area (Å²) in [4.78, 5) is 24.7. The second kappa shape index (κ2) is 6.79. The number of likely N-dealkylation sites (N-methyl/N-ethyl adjacent to an activating group) is 1. The van der Waals surface area contributed by atoms with E-state index in [1.165, 1.54) is 0 Å². The van der Waals surface area contributed by atoms with Crippen LogP contribution in [0.25, 0.3) is 0 Å². The lowest BCUT2D eigenvalue weighted by atomic mass is 10.1. The van der Waals surface area contributed by atoms with E-state index in [4.69, 9.17) is 0 Å². The first kappa shape index (κ1) is 14.2. The highest BCUT2D eigenvalue weighted by Crippen LogP contribution is 2.10. The lowest BCUT2D eigenvalue weighted by Gasteiger charge is -2.15. The van der Waals surface area contributed by atoms with Gasteiger partial charge in [-0.15, -0.1) is 0 Å². The van der Waals surface area contributed by atoms with Gasteiger partial charge in [0.1, 0.15) is 0 Å².